The van der Waals surface area contributed by atoms with E-state index in [0.717, 1.165) is 37.0 Å². The maximum atomic E-state index is 10.2. The monoisotopic (exact) mass is 428 g/mol. The van der Waals surface area contributed by atoms with Gasteiger partial charge in [-0.05, 0) is 72.8 Å². The Labute approximate surface area is 187 Å². The smallest absolute Gasteiger partial charge is 0.171 e. The fourth-order valence-corrected chi connectivity index (χ4v) is 7.72. The summed E-state index contributed by atoms with van der Waals surface area (Å²) in [6.45, 7) is 12.0. The van der Waals surface area contributed by atoms with Crippen molar-refractivity contribution in [2.45, 2.75) is 96.2 Å². The topological polar surface area (TPSA) is 58.9 Å². The van der Waals surface area contributed by atoms with Gasteiger partial charge in [0, 0.05) is 18.8 Å². The zero-order chi connectivity index (χ0) is 22.0. The predicted octanol–water partition coefficient (Wildman–Crippen LogP) is 4.92. The number of aliphatic hydroxyl groups excluding tert-OH is 2. The molecule has 0 aromatic carbocycles. The third-order valence-corrected chi connectivity index (χ3v) is 9.50. The van der Waals surface area contributed by atoms with Crippen LogP contribution in [0.25, 0.3) is 0 Å². The van der Waals surface area contributed by atoms with Gasteiger partial charge in [-0.1, -0.05) is 45.1 Å². The van der Waals surface area contributed by atoms with Crippen molar-refractivity contribution < 1.29 is 19.7 Å². The lowest BCUT2D eigenvalue weighted by Gasteiger charge is -2.46. The van der Waals surface area contributed by atoms with Gasteiger partial charge in [-0.3, -0.25) is 0 Å². The largest absolute Gasteiger partial charge is 0.393 e. The van der Waals surface area contributed by atoms with Crippen molar-refractivity contribution in [2.24, 2.45) is 29.1 Å². The first-order valence-corrected chi connectivity index (χ1v) is 12.5. The summed E-state index contributed by atoms with van der Waals surface area (Å²) in [5, 5.41) is 20.3. The third kappa shape index (κ3) is 3.49. The molecule has 3 aliphatic carbocycles. The number of aliphatic hydroxyl groups is 2. The van der Waals surface area contributed by atoms with Crippen LogP contribution in [0.2, 0.25) is 0 Å². The van der Waals surface area contributed by atoms with Gasteiger partial charge >= 0.3 is 0 Å². The van der Waals surface area contributed by atoms with Crippen LogP contribution in [-0.4, -0.2) is 40.9 Å². The van der Waals surface area contributed by atoms with Gasteiger partial charge in [-0.2, -0.15) is 0 Å². The summed E-state index contributed by atoms with van der Waals surface area (Å²) in [5.74, 6) is 1.80. The second-order valence-electron chi connectivity index (χ2n) is 11.5. The van der Waals surface area contributed by atoms with Crippen LogP contribution in [0.1, 0.15) is 72.1 Å². The number of allylic oxidation sites excluding steroid dienone is 3. The maximum absolute atomic E-state index is 10.2. The molecule has 31 heavy (non-hydrogen) atoms. The fraction of sp³-hybridized carbons (Fsp3) is 0.778. The summed E-state index contributed by atoms with van der Waals surface area (Å²) in [4.78, 5) is 0. The number of fused-ring (bicyclic) bond motifs is 3. The van der Waals surface area contributed by atoms with E-state index in [0.29, 0.717) is 42.6 Å². The minimum absolute atomic E-state index is 0.255. The van der Waals surface area contributed by atoms with E-state index in [4.69, 9.17) is 9.47 Å². The highest BCUT2D eigenvalue weighted by Gasteiger charge is 2.65. The molecule has 5 rings (SSSR count). The third-order valence-electron chi connectivity index (χ3n) is 9.50. The van der Waals surface area contributed by atoms with Gasteiger partial charge in [0.1, 0.15) is 0 Å². The lowest BCUT2D eigenvalue weighted by atomic mass is 9.60. The molecule has 2 saturated heterocycles. The molecule has 1 spiro atoms. The van der Waals surface area contributed by atoms with Crippen molar-refractivity contribution in [3.05, 3.63) is 35.5 Å². The second kappa shape index (κ2) is 7.83. The predicted molar refractivity (Wildman–Crippen MR) is 121 cm³/mol. The van der Waals surface area contributed by atoms with Crippen LogP contribution in [-0.2, 0) is 9.47 Å². The lowest BCUT2D eigenvalue weighted by Crippen LogP contribution is -2.46. The zero-order valence-corrected chi connectivity index (χ0v) is 19.5. The Balaban J connectivity index is 1.38. The van der Waals surface area contributed by atoms with Crippen LogP contribution in [0.4, 0.5) is 0 Å². The molecule has 0 bridgehead atoms. The van der Waals surface area contributed by atoms with Crippen molar-refractivity contribution in [1.29, 1.82) is 0 Å². The minimum atomic E-state index is -0.625. The van der Waals surface area contributed by atoms with Gasteiger partial charge in [0.15, 0.2) is 5.79 Å². The summed E-state index contributed by atoms with van der Waals surface area (Å²) >= 11 is 0. The minimum Gasteiger partial charge on any atom is -0.393 e. The van der Waals surface area contributed by atoms with Crippen LogP contribution in [0, 0.1) is 29.1 Å². The van der Waals surface area contributed by atoms with Crippen molar-refractivity contribution in [3.8, 4) is 0 Å². The second-order valence-corrected chi connectivity index (χ2v) is 11.5. The van der Waals surface area contributed by atoms with Crippen molar-refractivity contribution in [3.63, 3.8) is 0 Å². The summed E-state index contributed by atoms with van der Waals surface area (Å²) in [5.41, 5.74) is 3.54. The van der Waals surface area contributed by atoms with E-state index in [-0.39, 0.29) is 11.2 Å². The molecule has 4 heteroatoms. The molecule has 0 aromatic rings. The molecule has 0 amide bonds. The van der Waals surface area contributed by atoms with Gasteiger partial charge in [0.25, 0.3) is 0 Å². The molecule has 0 unspecified atom stereocenters. The molecular formula is C27H40O4. The molecule has 9 atom stereocenters. The highest BCUT2D eigenvalue weighted by atomic mass is 16.7. The average molecular weight is 429 g/mol. The Morgan fingerprint density at radius 2 is 1.94 bits per heavy atom. The Kier molecular flexibility index (Phi) is 5.53. The Bertz CT molecular complexity index is 789. The van der Waals surface area contributed by atoms with Crippen LogP contribution in [0.5, 0.6) is 0 Å². The van der Waals surface area contributed by atoms with E-state index in [2.05, 4.69) is 39.5 Å². The van der Waals surface area contributed by atoms with Crippen molar-refractivity contribution in [1.82, 2.24) is 0 Å². The SMILES string of the molecule is C=C1/C(=C\C=C2/CCC[C@]3(C)[C@@H]4[C@H](C[C@@H]23)O[C@]2(CC[C@@H](C)CO2)[C@H]4C)C[C@H](O)C[C@@H]1O. The summed E-state index contributed by atoms with van der Waals surface area (Å²) in [6.07, 6.45) is 11.5. The normalized spacial score (nSPS) is 52.7. The van der Waals surface area contributed by atoms with E-state index >= 15 is 0 Å². The molecule has 5 aliphatic rings. The summed E-state index contributed by atoms with van der Waals surface area (Å²) < 4.78 is 13.2. The van der Waals surface area contributed by atoms with Gasteiger partial charge < -0.3 is 19.7 Å². The van der Waals surface area contributed by atoms with Crippen LogP contribution >= 0.6 is 0 Å². The molecule has 5 fully saturated rings. The zero-order valence-electron chi connectivity index (χ0n) is 19.5. The van der Waals surface area contributed by atoms with Crippen LogP contribution < -0.4 is 0 Å². The lowest BCUT2D eigenvalue weighted by molar-refractivity contribution is -0.271. The molecule has 4 nitrogen and oxygen atoms in total. The molecule has 0 radical (unpaired) electrons. The van der Waals surface area contributed by atoms with Gasteiger partial charge in [0.05, 0.1) is 24.9 Å². The van der Waals surface area contributed by atoms with Crippen LogP contribution in [0.15, 0.2) is 35.5 Å². The van der Waals surface area contributed by atoms with Gasteiger partial charge in [-0.15, -0.1) is 0 Å². The molecule has 172 valence electrons. The highest BCUT2D eigenvalue weighted by Crippen LogP contribution is 2.66. The number of hydrogen-bond donors (Lipinski definition) is 2. The Morgan fingerprint density at radius 1 is 1.13 bits per heavy atom. The van der Waals surface area contributed by atoms with Crippen LogP contribution in [0.3, 0.4) is 0 Å². The number of rotatable bonds is 1. The quantitative estimate of drug-likeness (QED) is 0.623. The highest BCUT2D eigenvalue weighted by molar-refractivity contribution is 5.39. The van der Waals surface area contributed by atoms with E-state index < -0.39 is 12.2 Å². The molecule has 2 heterocycles. The summed E-state index contributed by atoms with van der Waals surface area (Å²) in [6, 6.07) is 0. The van der Waals surface area contributed by atoms with E-state index in [1.165, 1.54) is 24.8 Å². The first-order chi connectivity index (χ1) is 14.7. The summed E-state index contributed by atoms with van der Waals surface area (Å²) in [7, 11) is 0. The molecule has 2 aliphatic heterocycles. The van der Waals surface area contributed by atoms with Crippen molar-refractivity contribution in [2.75, 3.05) is 6.61 Å². The van der Waals surface area contributed by atoms with E-state index in [1.54, 1.807) is 0 Å². The molecule has 0 aromatic heterocycles. The van der Waals surface area contributed by atoms with Crippen molar-refractivity contribution >= 4 is 0 Å². The van der Waals surface area contributed by atoms with E-state index in [9.17, 15) is 10.2 Å². The fourth-order valence-electron chi connectivity index (χ4n) is 7.72. The first-order valence-electron chi connectivity index (χ1n) is 12.5. The Morgan fingerprint density at radius 3 is 2.68 bits per heavy atom. The average Bonchev–Trinajstić information content (AvgIpc) is 3.17. The molecule has 3 saturated carbocycles. The molecular weight excluding hydrogens is 388 g/mol. The Hall–Kier alpha value is -0.940. The first kappa shape index (κ1) is 21.9. The number of ether oxygens (including phenoxy) is 2. The standard InChI is InChI=1S/C27H40O4/c1-16-9-11-27(30-15-16)18(3)25-24(31-27)14-22-19(6-5-10-26(22,25)4)7-8-20-12-21(28)13-23(29)17(20)2/h7-8,16,18,21-25,28-29H,2,5-6,9-15H2,1,3-4H3/b19-7+,20-8-/t16-,18+,21+,22+,23+,24+,25+,26+,27-/m1/s1. The van der Waals surface area contributed by atoms with Gasteiger partial charge in [0.2, 0.25) is 0 Å². The van der Waals surface area contributed by atoms with E-state index in [1.807, 2.05) is 0 Å². The molecule has 2 N–H and O–H groups in total. The maximum Gasteiger partial charge on any atom is 0.171 e. The number of hydrogen-bond acceptors (Lipinski definition) is 4. The van der Waals surface area contributed by atoms with Gasteiger partial charge in [-0.25, -0.2) is 0 Å².